The molecule has 2 rings (SSSR count). The number of phenolic OH excluding ortho intramolecular Hbond substituents is 1. The van der Waals surface area contributed by atoms with Gasteiger partial charge in [-0.25, -0.2) is 0 Å². The molecular formula is C12H12O4. The minimum atomic E-state index is 0.0399. The summed E-state index contributed by atoms with van der Waals surface area (Å²) in [6.45, 7) is 0. The third kappa shape index (κ3) is 3.49. The highest BCUT2D eigenvalue weighted by molar-refractivity contribution is 5.76. The van der Waals surface area contributed by atoms with Crippen molar-refractivity contribution in [3.63, 3.8) is 0 Å². The van der Waals surface area contributed by atoms with Gasteiger partial charge in [0.05, 0.1) is 19.6 Å². The maximum absolute atomic E-state index is 10.2. The lowest BCUT2D eigenvalue weighted by Gasteiger charge is -2.01. The summed E-state index contributed by atoms with van der Waals surface area (Å²) < 4.78 is 9.36. The van der Waals surface area contributed by atoms with Crippen LogP contribution in [0.25, 0.3) is 0 Å². The van der Waals surface area contributed by atoms with Gasteiger partial charge in [0.2, 0.25) is 0 Å². The zero-order valence-corrected chi connectivity index (χ0v) is 8.79. The van der Waals surface area contributed by atoms with Gasteiger partial charge >= 0.3 is 0 Å². The number of carbonyl (C=O) groups is 1. The normalized spacial score (nSPS) is 8.81. The van der Waals surface area contributed by atoms with Gasteiger partial charge in [0, 0.05) is 5.56 Å². The van der Waals surface area contributed by atoms with Gasteiger partial charge in [-0.2, -0.15) is 0 Å². The standard InChI is InChI=1S/C8H8O3.C4H4O/c1-11-8-4-6(5-9)2-3-7(8)10;1-2-4-5-3-1/h2-5,10H,1H3;1-4H. The number of hydrogen-bond acceptors (Lipinski definition) is 4. The van der Waals surface area contributed by atoms with Gasteiger partial charge in [-0.1, -0.05) is 0 Å². The second kappa shape index (κ2) is 6.29. The van der Waals surface area contributed by atoms with E-state index in [1.54, 1.807) is 12.5 Å². The molecule has 0 atom stereocenters. The molecular weight excluding hydrogens is 208 g/mol. The molecule has 84 valence electrons. The number of carbonyl (C=O) groups excluding carboxylic acids is 1. The van der Waals surface area contributed by atoms with Crippen molar-refractivity contribution in [1.29, 1.82) is 0 Å². The van der Waals surface area contributed by atoms with E-state index in [9.17, 15) is 4.79 Å². The molecule has 0 aliphatic carbocycles. The van der Waals surface area contributed by atoms with E-state index in [2.05, 4.69) is 4.42 Å². The van der Waals surface area contributed by atoms with Crippen LogP contribution in [0.4, 0.5) is 0 Å². The zero-order valence-electron chi connectivity index (χ0n) is 8.79. The van der Waals surface area contributed by atoms with Gasteiger partial charge in [0.1, 0.15) is 6.29 Å². The summed E-state index contributed by atoms with van der Waals surface area (Å²) in [5, 5.41) is 9.09. The highest BCUT2D eigenvalue weighted by Crippen LogP contribution is 2.25. The second-order valence-electron chi connectivity index (χ2n) is 2.84. The lowest BCUT2D eigenvalue weighted by molar-refractivity contribution is 0.112. The molecule has 0 aliphatic heterocycles. The van der Waals surface area contributed by atoms with E-state index >= 15 is 0 Å². The summed E-state index contributed by atoms with van der Waals surface area (Å²) in [4.78, 5) is 10.2. The van der Waals surface area contributed by atoms with Crippen molar-refractivity contribution in [3.8, 4) is 11.5 Å². The van der Waals surface area contributed by atoms with Crippen molar-refractivity contribution in [2.75, 3.05) is 7.11 Å². The second-order valence-corrected chi connectivity index (χ2v) is 2.84. The molecule has 0 saturated carbocycles. The Kier molecular flexibility index (Phi) is 4.66. The van der Waals surface area contributed by atoms with Gasteiger partial charge in [0.25, 0.3) is 0 Å². The van der Waals surface area contributed by atoms with Crippen LogP contribution in [0.1, 0.15) is 10.4 Å². The van der Waals surface area contributed by atoms with E-state index < -0.39 is 0 Å². The Hall–Kier alpha value is -2.23. The van der Waals surface area contributed by atoms with Crippen molar-refractivity contribution in [2.45, 2.75) is 0 Å². The first-order chi connectivity index (χ1) is 7.77. The quantitative estimate of drug-likeness (QED) is 0.790. The molecule has 1 aromatic carbocycles. The van der Waals surface area contributed by atoms with Crippen LogP contribution in [0, 0.1) is 0 Å². The Morgan fingerprint density at radius 1 is 1.31 bits per heavy atom. The molecule has 0 aliphatic rings. The maximum atomic E-state index is 10.2. The van der Waals surface area contributed by atoms with Crippen LogP contribution < -0.4 is 4.74 Å². The van der Waals surface area contributed by atoms with Crippen molar-refractivity contribution < 1.29 is 19.1 Å². The Balaban J connectivity index is 0.000000212. The topological polar surface area (TPSA) is 59.7 Å². The first-order valence-corrected chi connectivity index (χ1v) is 4.57. The average molecular weight is 220 g/mol. The lowest BCUT2D eigenvalue weighted by atomic mass is 10.2. The molecule has 1 heterocycles. The number of phenols is 1. The van der Waals surface area contributed by atoms with Crippen LogP contribution >= 0.6 is 0 Å². The molecule has 0 amide bonds. The fourth-order valence-electron chi connectivity index (χ4n) is 0.994. The van der Waals surface area contributed by atoms with Crippen LogP contribution in [0.15, 0.2) is 47.3 Å². The summed E-state index contributed by atoms with van der Waals surface area (Å²) in [6, 6.07) is 8.08. The third-order valence-corrected chi connectivity index (χ3v) is 1.77. The SMILES string of the molecule is COc1cc(C=O)ccc1O.c1ccoc1. The molecule has 0 spiro atoms. The maximum Gasteiger partial charge on any atom is 0.161 e. The number of aldehydes is 1. The number of methoxy groups -OCH3 is 1. The minimum Gasteiger partial charge on any atom is -0.504 e. The smallest absolute Gasteiger partial charge is 0.161 e. The number of ether oxygens (including phenoxy) is 1. The summed E-state index contributed by atoms with van der Waals surface area (Å²) in [7, 11) is 1.43. The molecule has 0 bridgehead atoms. The fraction of sp³-hybridized carbons (Fsp3) is 0.0833. The molecule has 0 radical (unpaired) electrons. The summed E-state index contributed by atoms with van der Waals surface area (Å²) in [5.74, 6) is 0.354. The van der Waals surface area contributed by atoms with E-state index in [0.29, 0.717) is 17.6 Å². The van der Waals surface area contributed by atoms with Crippen molar-refractivity contribution >= 4 is 6.29 Å². The zero-order chi connectivity index (χ0) is 11.8. The van der Waals surface area contributed by atoms with Gasteiger partial charge in [-0.05, 0) is 30.3 Å². The minimum absolute atomic E-state index is 0.0399. The van der Waals surface area contributed by atoms with Gasteiger partial charge in [-0.3, -0.25) is 4.79 Å². The molecule has 4 nitrogen and oxygen atoms in total. The van der Waals surface area contributed by atoms with Crippen LogP contribution in [0.5, 0.6) is 11.5 Å². The predicted molar refractivity (Wildman–Crippen MR) is 58.8 cm³/mol. The summed E-state index contributed by atoms with van der Waals surface area (Å²) >= 11 is 0. The molecule has 4 heteroatoms. The van der Waals surface area contributed by atoms with Gasteiger partial charge in [0.15, 0.2) is 11.5 Å². The molecule has 0 fully saturated rings. The van der Waals surface area contributed by atoms with Gasteiger partial charge < -0.3 is 14.3 Å². The van der Waals surface area contributed by atoms with Crippen LogP contribution in [-0.2, 0) is 0 Å². The average Bonchev–Trinajstić information content (AvgIpc) is 2.88. The molecule has 2 aromatic rings. The Morgan fingerprint density at radius 2 is 2.00 bits per heavy atom. The lowest BCUT2D eigenvalue weighted by Crippen LogP contribution is -1.85. The molecule has 1 aromatic heterocycles. The highest BCUT2D eigenvalue weighted by Gasteiger charge is 2.00. The van der Waals surface area contributed by atoms with E-state index in [1.165, 1.54) is 25.3 Å². The highest BCUT2D eigenvalue weighted by atomic mass is 16.5. The molecule has 0 saturated heterocycles. The Labute approximate surface area is 93.1 Å². The van der Waals surface area contributed by atoms with Crippen molar-refractivity contribution in [2.24, 2.45) is 0 Å². The monoisotopic (exact) mass is 220 g/mol. The Bertz CT molecular complexity index is 403. The third-order valence-electron chi connectivity index (χ3n) is 1.77. The van der Waals surface area contributed by atoms with Crippen molar-refractivity contribution in [3.05, 3.63) is 48.4 Å². The van der Waals surface area contributed by atoms with E-state index in [0.717, 1.165) is 0 Å². The molecule has 16 heavy (non-hydrogen) atoms. The first-order valence-electron chi connectivity index (χ1n) is 4.57. The first kappa shape index (κ1) is 11.8. The Morgan fingerprint density at radius 3 is 2.44 bits per heavy atom. The van der Waals surface area contributed by atoms with Crippen LogP contribution in [0.3, 0.4) is 0 Å². The van der Waals surface area contributed by atoms with Crippen LogP contribution in [0.2, 0.25) is 0 Å². The summed E-state index contributed by atoms with van der Waals surface area (Å²) in [6.07, 6.45) is 3.95. The predicted octanol–water partition coefficient (Wildman–Crippen LogP) is 2.49. The largest absolute Gasteiger partial charge is 0.504 e. The molecule has 1 N–H and O–H groups in total. The number of furan rings is 1. The number of rotatable bonds is 2. The van der Waals surface area contributed by atoms with E-state index in [4.69, 9.17) is 9.84 Å². The van der Waals surface area contributed by atoms with E-state index in [1.807, 2.05) is 12.1 Å². The van der Waals surface area contributed by atoms with Crippen molar-refractivity contribution in [1.82, 2.24) is 0 Å². The van der Waals surface area contributed by atoms with E-state index in [-0.39, 0.29) is 5.75 Å². The number of aromatic hydroxyl groups is 1. The number of hydrogen-bond donors (Lipinski definition) is 1. The summed E-state index contributed by atoms with van der Waals surface area (Å²) in [5.41, 5.74) is 0.486. The number of benzene rings is 1. The van der Waals surface area contributed by atoms with Gasteiger partial charge in [-0.15, -0.1) is 0 Å². The molecule has 0 unspecified atom stereocenters. The van der Waals surface area contributed by atoms with Crippen LogP contribution in [-0.4, -0.2) is 18.5 Å². The fourth-order valence-corrected chi connectivity index (χ4v) is 0.994.